The fourth-order valence-corrected chi connectivity index (χ4v) is 1.67. The summed E-state index contributed by atoms with van der Waals surface area (Å²) >= 11 is 0. The van der Waals surface area contributed by atoms with E-state index in [0.717, 1.165) is 5.56 Å². The van der Waals surface area contributed by atoms with E-state index in [1.165, 1.54) is 0 Å². The number of aliphatic hydroxyl groups is 1. The van der Waals surface area contributed by atoms with E-state index in [0.29, 0.717) is 6.42 Å². The smallest absolute Gasteiger partial charge is 0.325 e. The molecule has 2 atom stereocenters. The normalized spacial score (nSPS) is 13.3. The van der Waals surface area contributed by atoms with Crippen molar-refractivity contribution in [3.05, 3.63) is 35.9 Å². The summed E-state index contributed by atoms with van der Waals surface area (Å²) in [5.74, 6) is -1.23. The van der Waals surface area contributed by atoms with Crippen molar-refractivity contribution in [2.75, 3.05) is 13.2 Å². The van der Waals surface area contributed by atoms with Crippen LogP contribution in [0.25, 0.3) is 0 Å². The minimum Gasteiger partial charge on any atom is -0.465 e. The van der Waals surface area contributed by atoms with Crippen LogP contribution < -0.4 is 11.1 Å². The number of nitrogens with two attached hydrogens (primary N) is 1. The molecule has 0 aliphatic rings. The van der Waals surface area contributed by atoms with Crippen LogP contribution in [0.2, 0.25) is 0 Å². The van der Waals surface area contributed by atoms with Crippen molar-refractivity contribution in [2.45, 2.75) is 25.5 Å². The standard InChI is InChI=1S/C14H20N2O4/c1-2-20-12(17)9-16-14(19)13(18)11(15)8-10-6-4-3-5-7-10/h3-7,11,13,18H,2,8-9,15H2,1H3,(H,16,19)/t11?,13-/m0/s1. The van der Waals surface area contributed by atoms with E-state index in [1.54, 1.807) is 6.92 Å². The van der Waals surface area contributed by atoms with Gasteiger partial charge in [0.2, 0.25) is 0 Å². The summed E-state index contributed by atoms with van der Waals surface area (Å²) in [5, 5.41) is 12.1. The molecule has 0 aromatic heterocycles. The number of aliphatic hydroxyl groups excluding tert-OH is 1. The number of ether oxygens (including phenoxy) is 1. The van der Waals surface area contributed by atoms with Gasteiger partial charge in [-0.3, -0.25) is 9.59 Å². The molecule has 0 spiro atoms. The summed E-state index contributed by atoms with van der Waals surface area (Å²) in [5.41, 5.74) is 6.72. The van der Waals surface area contributed by atoms with Gasteiger partial charge in [0.25, 0.3) is 5.91 Å². The van der Waals surface area contributed by atoms with Gasteiger partial charge in [-0.1, -0.05) is 30.3 Å². The lowest BCUT2D eigenvalue weighted by molar-refractivity contribution is -0.144. The van der Waals surface area contributed by atoms with Crippen molar-refractivity contribution < 1.29 is 19.4 Å². The van der Waals surface area contributed by atoms with Crippen LogP contribution in [0.1, 0.15) is 12.5 Å². The predicted octanol–water partition coefficient (Wildman–Crippen LogP) is -0.403. The molecule has 0 saturated heterocycles. The van der Waals surface area contributed by atoms with Crippen LogP contribution in [0.15, 0.2) is 30.3 Å². The molecule has 0 aliphatic heterocycles. The lowest BCUT2D eigenvalue weighted by atomic mass is 10.0. The summed E-state index contributed by atoms with van der Waals surface area (Å²) in [6.07, 6.45) is -1.00. The zero-order valence-electron chi connectivity index (χ0n) is 11.4. The number of amides is 1. The average molecular weight is 280 g/mol. The number of carbonyl (C=O) groups is 2. The fraction of sp³-hybridized carbons (Fsp3) is 0.429. The molecule has 0 fully saturated rings. The Hall–Kier alpha value is -1.92. The van der Waals surface area contributed by atoms with Crippen LogP contribution in [0.3, 0.4) is 0 Å². The zero-order valence-corrected chi connectivity index (χ0v) is 11.4. The Balaban J connectivity index is 2.41. The molecule has 6 heteroatoms. The maximum absolute atomic E-state index is 11.6. The molecule has 1 rings (SSSR count). The fourth-order valence-electron chi connectivity index (χ4n) is 1.67. The minimum absolute atomic E-state index is 0.241. The first kappa shape index (κ1) is 16.1. The number of carbonyl (C=O) groups excluding carboxylic acids is 2. The number of hydrogen-bond donors (Lipinski definition) is 3. The van der Waals surface area contributed by atoms with E-state index < -0.39 is 24.0 Å². The quantitative estimate of drug-likeness (QED) is 0.590. The van der Waals surface area contributed by atoms with Crippen LogP contribution in [0, 0.1) is 0 Å². The molecule has 0 radical (unpaired) electrons. The summed E-state index contributed by atoms with van der Waals surface area (Å²) in [7, 11) is 0. The Kier molecular flexibility index (Phi) is 6.69. The SMILES string of the molecule is CCOC(=O)CNC(=O)[C@@H](O)C(N)Cc1ccccc1. The van der Waals surface area contributed by atoms with E-state index in [4.69, 9.17) is 5.73 Å². The Morgan fingerprint density at radius 2 is 2.00 bits per heavy atom. The van der Waals surface area contributed by atoms with Gasteiger partial charge in [-0.15, -0.1) is 0 Å². The van der Waals surface area contributed by atoms with E-state index >= 15 is 0 Å². The van der Waals surface area contributed by atoms with Crippen molar-refractivity contribution >= 4 is 11.9 Å². The zero-order chi connectivity index (χ0) is 15.0. The number of esters is 1. The Morgan fingerprint density at radius 3 is 2.60 bits per heavy atom. The van der Waals surface area contributed by atoms with Crippen LogP contribution in [0.4, 0.5) is 0 Å². The number of rotatable bonds is 7. The van der Waals surface area contributed by atoms with Gasteiger partial charge in [0, 0.05) is 6.04 Å². The third-order valence-corrected chi connectivity index (χ3v) is 2.70. The lowest BCUT2D eigenvalue weighted by Crippen LogP contribution is -2.48. The van der Waals surface area contributed by atoms with Gasteiger partial charge in [0.05, 0.1) is 6.61 Å². The van der Waals surface area contributed by atoms with Gasteiger partial charge in [0.15, 0.2) is 0 Å². The average Bonchev–Trinajstić information content (AvgIpc) is 2.45. The van der Waals surface area contributed by atoms with Gasteiger partial charge in [0.1, 0.15) is 12.6 Å². The van der Waals surface area contributed by atoms with Crippen molar-refractivity contribution in [2.24, 2.45) is 5.73 Å². The van der Waals surface area contributed by atoms with Crippen molar-refractivity contribution in [1.82, 2.24) is 5.32 Å². The molecular formula is C14H20N2O4. The molecule has 0 heterocycles. The maximum Gasteiger partial charge on any atom is 0.325 e. The largest absolute Gasteiger partial charge is 0.465 e. The highest BCUT2D eigenvalue weighted by Gasteiger charge is 2.23. The van der Waals surface area contributed by atoms with Gasteiger partial charge >= 0.3 is 5.97 Å². The molecule has 1 unspecified atom stereocenters. The molecule has 1 amide bonds. The van der Waals surface area contributed by atoms with Crippen LogP contribution in [-0.2, 0) is 20.7 Å². The molecular weight excluding hydrogens is 260 g/mol. The molecule has 1 aromatic carbocycles. The van der Waals surface area contributed by atoms with Gasteiger partial charge in [-0.05, 0) is 18.9 Å². The second-order valence-corrected chi connectivity index (χ2v) is 4.32. The molecule has 0 aliphatic carbocycles. The summed E-state index contributed by atoms with van der Waals surface area (Å²) in [4.78, 5) is 22.7. The molecule has 1 aromatic rings. The highest BCUT2D eigenvalue weighted by molar-refractivity contribution is 5.85. The number of nitrogens with one attached hydrogen (secondary N) is 1. The molecule has 20 heavy (non-hydrogen) atoms. The Morgan fingerprint density at radius 1 is 1.35 bits per heavy atom. The van der Waals surface area contributed by atoms with Crippen molar-refractivity contribution in [3.8, 4) is 0 Å². The van der Waals surface area contributed by atoms with Crippen molar-refractivity contribution in [3.63, 3.8) is 0 Å². The highest BCUT2D eigenvalue weighted by atomic mass is 16.5. The van der Waals surface area contributed by atoms with Gasteiger partial charge < -0.3 is 20.9 Å². The first-order valence-electron chi connectivity index (χ1n) is 6.45. The van der Waals surface area contributed by atoms with Gasteiger partial charge in [-0.2, -0.15) is 0 Å². The van der Waals surface area contributed by atoms with Crippen LogP contribution >= 0.6 is 0 Å². The van der Waals surface area contributed by atoms with E-state index in [9.17, 15) is 14.7 Å². The van der Waals surface area contributed by atoms with Crippen molar-refractivity contribution in [1.29, 1.82) is 0 Å². The number of hydrogen-bond acceptors (Lipinski definition) is 5. The lowest BCUT2D eigenvalue weighted by Gasteiger charge is -2.18. The molecule has 110 valence electrons. The summed E-state index contributed by atoms with van der Waals surface area (Å²) < 4.78 is 4.66. The Labute approximate surface area is 117 Å². The summed E-state index contributed by atoms with van der Waals surface area (Å²) in [6, 6.07) is 8.58. The molecule has 4 N–H and O–H groups in total. The minimum atomic E-state index is -1.37. The predicted molar refractivity (Wildman–Crippen MR) is 73.8 cm³/mol. The van der Waals surface area contributed by atoms with E-state index in [2.05, 4.69) is 10.1 Å². The van der Waals surface area contributed by atoms with E-state index in [1.807, 2.05) is 30.3 Å². The first-order valence-corrected chi connectivity index (χ1v) is 6.45. The Bertz CT molecular complexity index is 436. The maximum atomic E-state index is 11.6. The second-order valence-electron chi connectivity index (χ2n) is 4.32. The highest BCUT2D eigenvalue weighted by Crippen LogP contribution is 2.04. The molecule has 0 bridgehead atoms. The number of benzene rings is 1. The van der Waals surface area contributed by atoms with Crippen LogP contribution in [-0.4, -0.2) is 42.3 Å². The summed E-state index contributed by atoms with van der Waals surface area (Å²) in [6.45, 7) is 1.64. The topological polar surface area (TPSA) is 102 Å². The molecule has 6 nitrogen and oxygen atoms in total. The van der Waals surface area contributed by atoms with Gasteiger partial charge in [-0.25, -0.2) is 0 Å². The third kappa shape index (κ3) is 5.38. The first-order chi connectivity index (χ1) is 9.54. The third-order valence-electron chi connectivity index (χ3n) is 2.70. The molecule has 0 saturated carbocycles. The van der Waals surface area contributed by atoms with E-state index in [-0.39, 0.29) is 13.2 Å². The monoisotopic (exact) mass is 280 g/mol. The van der Waals surface area contributed by atoms with Crippen LogP contribution in [0.5, 0.6) is 0 Å². The second kappa shape index (κ2) is 8.29.